The van der Waals surface area contributed by atoms with Crippen molar-refractivity contribution < 1.29 is 33.7 Å². The fourth-order valence-corrected chi connectivity index (χ4v) is 3.87. The third-order valence-electron chi connectivity index (χ3n) is 5.66. The zero-order valence-corrected chi connectivity index (χ0v) is 19.7. The normalized spacial score (nSPS) is 14.7. The molecule has 1 fully saturated rings. The van der Waals surface area contributed by atoms with Gasteiger partial charge in [0.25, 0.3) is 0 Å². The number of anilines is 1. The van der Waals surface area contributed by atoms with Crippen LogP contribution < -0.4 is 14.8 Å². The maximum Gasteiger partial charge on any atom is 0.409 e. The van der Waals surface area contributed by atoms with Crippen molar-refractivity contribution in [1.82, 2.24) is 4.90 Å². The van der Waals surface area contributed by atoms with E-state index in [0.29, 0.717) is 30.3 Å². The molecule has 1 saturated heterocycles. The second kappa shape index (κ2) is 11.3. The number of nitrogens with one attached hydrogen (secondary N) is 1. The predicted octanol–water partition coefficient (Wildman–Crippen LogP) is 4.58. The zero-order chi connectivity index (χ0) is 25.5. The molecule has 0 radical (unpaired) electrons. The van der Waals surface area contributed by atoms with Gasteiger partial charge in [0, 0.05) is 13.0 Å². The number of aromatic carboxylic acids is 1. The van der Waals surface area contributed by atoms with Crippen molar-refractivity contribution in [3.63, 3.8) is 0 Å². The lowest BCUT2D eigenvalue weighted by molar-refractivity contribution is -0.115. The Hall–Kier alpha value is -4.53. The molecule has 0 spiro atoms. The molecule has 1 aliphatic rings. The Morgan fingerprint density at radius 2 is 1.58 bits per heavy atom. The van der Waals surface area contributed by atoms with Crippen LogP contribution in [0, 0.1) is 0 Å². The van der Waals surface area contributed by atoms with Crippen LogP contribution >= 0.6 is 0 Å². The monoisotopic (exact) mass is 490 g/mol. The Morgan fingerprint density at radius 3 is 2.25 bits per heavy atom. The Morgan fingerprint density at radius 1 is 0.944 bits per heavy atom. The Balaban J connectivity index is 1.28. The zero-order valence-electron chi connectivity index (χ0n) is 19.7. The number of amides is 2. The first-order valence-corrected chi connectivity index (χ1v) is 11.4. The second-order valence-corrected chi connectivity index (χ2v) is 8.24. The molecule has 9 heteroatoms. The van der Waals surface area contributed by atoms with E-state index in [0.717, 1.165) is 12.0 Å². The highest BCUT2D eigenvalue weighted by Crippen LogP contribution is 2.26. The van der Waals surface area contributed by atoms with Gasteiger partial charge in [-0.05, 0) is 54.1 Å². The van der Waals surface area contributed by atoms with Crippen LogP contribution in [-0.2, 0) is 16.0 Å². The van der Waals surface area contributed by atoms with Crippen molar-refractivity contribution >= 4 is 23.7 Å². The summed E-state index contributed by atoms with van der Waals surface area (Å²) in [4.78, 5) is 36.9. The van der Waals surface area contributed by atoms with Crippen LogP contribution in [0.4, 0.5) is 10.5 Å². The van der Waals surface area contributed by atoms with E-state index < -0.39 is 5.97 Å². The molecule has 3 aromatic carbocycles. The van der Waals surface area contributed by atoms with E-state index in [1.807, 2.05) is 12.1 Å². The van der Waals surface area contributed by atoms with Gasteiger partial charge in [0.2, 0.25) is 5.91 Å². The van der Waals surface area contributed by atoms with Gasteiger partial charge in [0.1, 0.15) is 23.4 Å². The van der Waals surface area contributed by atoms with Gasteiger partial charge in [0.15, 0.2) is 0 Å². The van der Waals surface area contributed by atoms with Crippen molar-refractivity contribution in [2.75, 3.05) is 25.5 Å². The molecule has 3 aromatic rings. The standard InChI is InChI=1S/C27H26N2O7/c1-34-27(33)29-15-14-22(17-29)36-21-12-10-20(11-13-21)35-19-8-6-18(7-9-19)16-25(30)28-24-5-3-2-4-23(24)26(31)32/h2-13,22H,14-17H2,1H3,(H,28,30)(H,31,32). The van der Waals surface area contributed by atoms with Crippen molar-refractivity contribution in [2.45, 2.75) is 18.9 Å². The SMILES string of the molecule is COC(=O)N1CCC(Oc2ccc(Oc3ccc(CC(=O)Nc4ccccc4C(=O)O)cc3)cc2)C1. The summed E-state index contributed by atoms with van der Waals surface area (Å²) in [6, 6.07) is 20.6. The van der Waals surface area contributed by atoms with Crippen LogP contribution in [0.3, 0.4) is 0 Å². The Labute approximate surface area is 208 Å². The first-order chi connectivity index (χ1) is 17.4. The lowest BCUT2D eigenvalue weighted by atomic mass is 10.1. The largest absolute Gasteiger partial charge is 0.489 e. The maximum atomic E-state index is 12.4. The number of ether oxygens (including phenoxy) is 3. The molecule has 0 bridgehead atoms. The molecule has 1 unspecified atom stereocenters. The summed E-state index contributed by atoms with van der Waals surface area (Å²) in [5.74, 6) is 0.500. The van der Waals surface area contributed by atoms with Gasteiger partial charge in [-0.25, -0.2) is 9.59 Å². The number of nitrogens with zero attached hydrogens (tertiary/aromatic N) is 1. The number of carboxylic acid groups (broad SMARTS) is 1. The summed E-state index contributed by atoms with van der Waals surface area (Å²) in [5.41, 5.74) is 1.06. The lowest BCUT2D eigenvalue weighted by Crippen LogP contribution is -2.30. The lowest BCUT2D eigenvalue weighted by Gasteiger charge is -2.16. The first-order valence-electron chi connectivity index (χ1n) is 11.4. The third kappa shape index (κ3) is 6.32. The molecular formula is C27H26N2O7. The van der Waals surface area contributed by atoms with Gasteiger partial charge in [0.05, 0.1) is 31.3 Å². The van der Waals surface area contributed by atoms with E-state index in [1.165, 1.54) is 13.2 Å². The van der Waals surface area contributed by atoms with Crippen molar-refractivity contribution in [3.05, 3.63) is 83.9 Å². The van der Waals surface area contributed by atoms with Crippen molar-refractivity contribution in [2.24, 2.45) is 0 Å². The Kier molecular flexibility index (Phi) is 7.69. The van der Waals surface area contributed by atoms with E-state index in [-0.39, 0.29) is 35.8 Å². The number of carboxylic acids is 1. The van der Waals surface area contributed by atoms with Gasteiger partial charge < -0.3 is 29.5 Å². The molecule has 4 rings (SSSR count). The van der Waals surface area contributed by atoms with Crippen LogP contribution in [-0.4, -0.2) is 54.3 Å². The van der Waals surface area contributed by atoms with Gasteiger partial charge in [-0.2, -0.15) is 0 Å². The van der Waals surface area contributed by atoms with Crippen LogP contribution in [0.25, 0.3) is 0 Å². The number of rotatable bonds is 8. The van der Waals surface area contributed by atoms with E-state index in [1.54, 1.807) is 59.5 Å². The molecule has 1 aliphatic heterocycles. The van der Waals surface area contributed by atoms with Gasteiger partial charge in [-0.3, -0.25) is 4.79 Å². The van der Waals surface area contributed by atoms with Crippen LogP contribution in [0.5, 0.6) is 17.2 Å². The fourth-order valence-electron chi connectivity index (χ4n) is 3.87. The quantitative estimate of drug-likeness (QED) is 0.475. The second-order valence-electron chi connectivity index (χ2n) is 8.24. The molecule has 1 heterocycles. The number of carbonyl (C=O) groups is 3. The first kappa shape index (κ1) is 24.6. The average molecular weight is 491 g/mol. The fraction of sp³-hybridized carbons (Fsp3) is 0.222. The number of para-hydroxylation sites is 1. The number of benzene rings is 3. The van der Waals surface area contributed by atoms with Gasteiger partial charge >= 0.3 is 12.1 Å². The summed E-state index contributed by atoms with van der Waals surface area (Å²) >= 11 is 0. The molecule has 1 atom stereocenters. The van der Waals surface area contributed by atoms with Crippen LogP contribution in [0.2, 0.25) is 0 Å². The van der Waals surface area contributed by atoms with E-state index in [4.69, 9.17) is 14.2 Å². The van der Waals surface area contributed by atoms with E-state index >= 15 is 0 Å². The Bertz CT molecular complexity index is 1230. The smallest absolute Gasteiger partial charge is 0.409 e. The molecule has 36 heavy (non-hydrogen) atoms. The average Bonchev–Trinajstić information content (AvgIpc) is 3.34. The summed E-state index contributed by atoms with van der Waals surface area (Å²) in [6.07, 6.45) is 0.400. The van der Waals surface area contributed by atoms with Crippen molar-refractivity contribution in [3.8, 4) is 17.2 Å². The summed E-state index contributed by atoms with van der Waals surface area (Å²) < 4.78 is 16.6. The minimum Gasteiger partial charge on any atom is -0.489 e. The number of methoxy groups -OCH3 is 1. The minimum atomic E-state index is -1.10. The topological polar surface area (TPSA) is 114 Å². The van der Waals surface area contributed by atoms with Gasteiger partial charge in [-0.15, -0.1) is 0 Å². The number of carbonyl (C=O) groups excluding carboxylic acids is 2. The number of hydrogen-bond acceptors (Lipinski definition) is 6. The molecule has 0 aliphatic carbocycles. The predicted molar refractivity (Wildman–Crippen MR) is 132 cm³/mol. The highest BCUT2D eigenvalue weighted by Gasteiger charge is 2.28. The highest BCUT2D eigenvalue weighted by molar-refractivity contribution is 6.01. The highest BCUT2D eigenvalue weighted by atomic mass is 16.5. The molecule has 2 amide bonds. The van der Waals surface area contributed by atoms with Crippen LogP contribution in [0.15, 0.2) is 72.8 Å². The summed E-state index contributed by atoms with van der Waals surface area (Å²) in [6.45, 7) is 1.09. The van der Waals surface area contributed by atoms with Crippen LogP contribution in [0.1, 0.15) is 22.3 Å². The number of hydrogen-bond donors (Lipinski definition) is 2. The maximum absolute atomic E-state index is 12.4. The number of likely N-dealkylation sites (tertiary alicyclic amines) is 1. The molecular weight excluding hydrogens is 464 g/mol. The minimum absolute atomic E-state index is 0.0393. The molecule has 2 N–H and O–H groups in total. The van der Waals surface area contributed by atoms with Gasteiger partial charge in [-0.1, -0.05) is 24.3 Å². The molecule has 186 valence electrons. The molecule has 0 aromatic heterocycles. The molecule has 9 nitrogen and oxygen atoms in total. The van der Waals surface area contributed by atoms with E-state index in [9.17, 15) is 19.5 Å². The van der Waals surface area contributed by atoms with Crippen molar-refractivity contribution in [1.29, 1.82) is 0 Å². The third-order valence-corrected chi connectivity index (χ3v) is 5.66. The summed E-state index contributed by atoms with van der Waals surface area (Å²) in [5, 5.41) is 11.9. The summed E-state index contributed by atoms with van der Waals surface area (Å²) in [7, 11) is 1.36. The van der Waals surface area contributed by atoms with E-state index in [2.05, 4.69) is 5.32 Å². The molecule has 0 saturated carbocycles.